The van der Waals surface area contributed by atoms with Crippen molar-refractivity contribution in [1.29, 1.82) is 0 Å². The fraction of sp³-hybridized carbons (Fsp3) is 0.357. The molecule has 0 atom stereocenters. The van der Waals surface area contributed by atoms with E-state index >= 15 is 0 Å². The molecule has 0 spiro atoms. The van der Waals surface area contributed by atoms with Gasteiger partial charge in [0.1, 0.15) is 5.82 Å². The molecule has 0 fully saturated rings. The highest BCUT2D eigenvalue weighted by Gasteiger charge is 2.04. The van der Waals surface area contributed by atoms with Gasteiger partial charge in [0.05, 0.1) is 13.1 Å². The van der Waals surface area contributed by atoms with Crippen LogP contribution >= 0.6 is 11.3 Å². The van der Waals surface area contributed by atoms with Crippen molar-refractivity contribution in [1.82, 2.24) is 9.55 Å². The molecule has 0 radical (unpaired) electrons. The zero-order chi connectivity index (χ0) is 12.8. The SMILES string of the molecule is CCCc1nccn1Cc1cc(C#CCN)cs1. The van der Waals surface area contributed by atoms with E-state index in [-0.39, 0.29) is 0 Å². The Kier molecular flexibility index (Phi) is 4.57. The molecule has 2 aromatic heterocycles. The van der Waals surface area contributed by atoms with E-state index in [9.17, 15) is 0 Å². The summed E-state index contributed by atoms with van der Waals surface area (Å²) >= 11 is 1.73. The molecule has 0 unspecified atom stereocenters. The molecule has 2 rings (SSSR count). The monoisotopic (exact) mass is 259 g/mol. The van der Waals surface area contributed by atoms with Gasteiger partial charge in [-0.25, -0.2) is 4.98 Å². The van der Waals surface area contributed by atoms with Crippen LogP contribution in [0.4, 0.5) is 0 Å². The summed E-state index contributed by atoms with van der Waals surface area (Å²) in [5.74, 6) is 7.08. The van der Waals surface area contributed by atoms with Gasteiger partial charge in [-0.15, -0.1) is 11.3 Å². The van der Waals surface area contributed by atoms with Crippen LogP contribution in [0.25, 0.3) is 0 Å². The lowest BCUT2D eigenvalue weighted by molar-refractivity contribution is 0.711. The lowest BCUT2D eigenvalue weighted by atomic mass is 10.3. The summed E-state index contributed by atoms with van der Waals surface area (Å²) in [6, 6.07) is 2.13. The molecule has 0 bridgehead atoms. The first-order chi connectivity index (χ1) is 8.83. The van der Waals surface area contributed by atoms with Gasteiger partial charge in [0.2, 0.25) is 0 Å². The summed E-state index contributed by atoms with van der Waals surface area (Å²) in [4.78, 5) is 5.68. The van der Waals surface area contributed by atoms with Crippen LogP contribution in [0.2, 0.25) is 0 Å². The Morgan fingerprint density at radius 3 is 3.17 bits per heavy atom. The molecule has 4 heteroatoms. The molecule has 0 saturated carbocycles. The maximum absolute atomic E-state index is 5.36. The zero-order valence-electron chi connectivity index (χ0n) is 10.5. The highest BCUT2D eigenvalue weighted by molar-refractivity contribution is 7.10. The van der Waals surface area contributed by atoms with Gasteiger partial charge in [-0.2, -0.15) is 0 Å². The Labute approximate surface area is 112 Å². The summed E-state index contributed by atoms with van der Waals surface area (Å²) in [7, 11) is 0. The molecule has 0 aliphatic carbocycles. The van der Waals surface area contributed by atoms with Crippen molar-refractivity contribution >= 4 is 11.3 Å². The van der Waals surface area contributed by atoms with E-state index < -0.39 is 0 Å². The number of aromatic nitrogens is 2. The third kappa shape index (κ3) is 3.22. The number of nitrogens with zero attached hydrogens (tertiary/aromatic N) is 2. The number of imidazole rings is 1. The third-order valence-electron chi connectivity index (χ3n) is 2.59. The van der Waals surface area contributed by atoms with E-state index in [0.717, 1.165) is 30.8 Å². The Morgan fingerprint density at radius 2 is 2.39 bits per heavy atom. The Bertz CT molecular complexity index is 557. The molecule has 2 heterocycles. The van der Waals surface area contributed by atoms with Crippen molar-refractivity contribution in [2.24, 2.45) is 5.73 Å². The van der Waals surface area contributed by atoms with Crippen molar-refractivity contribution in [3.05, 3.63) is 40.1 Å². The molecule has 94 valence electrons. The first-order valence-electron chi connectivity index (χ1n) is 6.10. The third-order valence-corrected chi connectivity index (χ3v) is 3.51. The second kappa shape index (κ2) is 6.39. The molecule has 18 heavy (non-hydrogen) atoms. The lowest BCUT2D eigenvalue weighted by Crippen LogP contribution is -2.02. The minimum absolute atomic E-state index is 0.410. The van der Waals surface area contributed by atoms with Gasteiger partial charge in [0, 0.05) is 34.6 Å². The van der Waals surface area contributed by atoms with Crippen LogP contribution < -0.4 is 5.73 Å². The van der Waals surface area contributed by atoms with Gasteiger partial charge in [0.25, 0.3) is 0 Å². The zero-order valence-corrected chi connectivity index (χ0v) is 11.3. The number of thiophene rings is 1. The summed E-state index contributed by atoms with van der Waals surface area (Å²) in [6.45, 7) is 3.46. The van der Waals surface area contributed by atoms with E-state index in [0.29, 0.717) is 6.54 Å². The lowest BCUT2D eigenvalue weighted by Gasteiger charge is -2.04. The number of hydrogen-bond donors (Lipinski definition) is 1. The van der Waals surface area contributed by atoms with Crippen LogP contribution in [0.5, 0.6) is 0 Å². The van der Waals surface area contributed by atoms with Gasteiger partial charge >= 0.3 is 0 Å². The van der Waals surface area contributed by atoms with Crippen molar-refractivity contribution in [3.63, 3.8) is 0 Å². The van der Waals surface area contributed by atoms with Gasteiger partial charge in [-0.3, -0.25) is 0 Å². The summed E-state index contributed by atoms with van der Waals surface area (Å²) < 4.78 is 2.20. The Morgan fingerprint density at radius 1 is 1.50 bits per heavy atom. The van der Waals surface area contributed by atoms with Gasteiger partial charge in [-0.1, -0.05) is 18.8 Å². The number of nitrogens with two attached hydrogens (primary N) is 1. The van der Waals surface area contributed by atoms with Crippen molar-refractivity contribution < 1.29 is 0 Å². The van der Waals surface area contributed by atoms with E-state index in [1.54, 1.807) is 11.3 Å². The second-order valence-corrected chi connectivity index (χ2v) is 5.02. The van der Waals surface area contributed by atoms with Gasteiger partial charge in [-0.05, 0) is 12.5 Å². The molecule has 0 aliphatic heterocycles. The largest absolute Gasteiger partial charge is 0.330 e. The minimum atomic E-state index is 0.410. The van der Waals surface area contributed by atoms with Crippen LogP contribution in [-0.4, -0.2) is 16.1 Å². The van der Waals surface area contributed by atoms with Crippen molar-refractivity contribution in [2.75, 3.05) is 6.54 Å². The number of aryl methyl sites for hydroxylation is 1. The highest BCUT2D eigenvalue weighted by Crippen LogP contribution is 2.16. The quantitative estimate of drug-likeness (QED) is 0.856. The molecule has 0 amide bonds. The molecule has 2 aromatic rings. The average molecular weight is 259 g/mol. The summed E-state index contributed by atoms with van der Waals surface area (Å²) in [6.07, 6.45) is 6.05. The topological polar surface area (TPSA) is 43.8 Å². The van der Waals surface area contributed by atoms with Crippen LogP contribution in [-0.2, 0) is 13.0 Å². The standard InChI is InChI=1S/C14H17N3S/c1-2-4-14-16-7-8-17(14)10-13-9-12(11-18-13)5-3-6-15/h7-9,11H,2,4,6,10,15H2,1H3. The van der Waals surface area contributed by atoms with Crippen LogP contribution in [0, 0.1) is 11.8 Å². The summed E-state index contributed by atoms with van der Waals surface area (Å²) in [5, 5.41) is 2.08. The first-order valence-corrected chi connectivity index (χ1v) is 6.97. The maximum Gasteiger partial charge on any atom is 0.108 e. The summed E-state index contributed by atoms with van der Waals surface area (Å²) in [5.41, 5.74) is 6.42. The Balaban J connectivity index is 2.09. The molecular weight excluding hydrogens is 242 g/mol. The molecule has 0 aromatic carbocycles. The fourth-order valence-electron chi connectivity index (χ4n) is 1.79. The van der Waals surface area contributed by atoms with E-state index in [4.69, 9.17) is 5.73 Å². The minimum Gasteiger partial charge on any atom is -0.330 e. The molecule has 0 saturated heterocycles. The Hall–Kier alpha value is -1.57. The smallest absolute Gasteiger partial charge is 0.108 e. The predicted octanol–water partition coefficient (Wildman–Crippen LogP) is 2.26. The predicted molar refractivity (Wildman–Crippen MR) is 75.6 cm³/mol. The van der Waals surface area contributed by atoms with Crippen molar-refractivity contribution in [3.8, 4) is 11.8 Å². The normalized spacial score (nSPS) is 10.1. The second-order valence-electron chi connectivity index (χ2n) is 4.03. The highest BCUT2D eigenvalue weighted by atomic mass is 32.1. The maximum atomic E-state index is 5.36. The fourth-order valence-corrected chi connectivity index (χ4v) is 2.60. The van der Waals surface area contributed by atoms with Gasteiger partial charge in [0.15, 0.2) is 0 Å². The van der Waals surface area contributed by atoms with E-state index in [2.05, 4.69) is 39.8 Å². The average Bonchev–Trinajstić information content (AvgIpc) is 2.98. The molecule has 0 aliphatic rings. The van der Waals surface area contributed by atoms with Crippen LogP contribution in [0.3, 0.4) is 0 Å². The van der Waals surface area contributed by atoms with Gasteiger partial charge < -0.3 is 10.3 Å². The first kappa shape index (κ1) is 12.9. The van der Waals surface area contributed by atoms with E-state index in [1.165, 1.54) is 4.88 Å². The van der Waals surface area contributed by atoms with E-state index in [1.807, 2.05) is 12.4 Å². The molecule has 3 nitrogen and oxygen atoms in total. The number of hydrogen-bond acceptors (Lipinski definition) is 3. The van der Waals surface area contributed by atoms with Crippen molar-refractivity contribution in [2.45, 2.75) is 26.3 Å². The molecular formula is C14H17N3S. The van der Waals surface area contributed by atoms with Crippen LogP contribution in [0.1, 0.15) is 29.6 Å². The molecule has 2 N–H and O–H groups in total. The van der Waals surface area contributed by atoms with Crippen LogP contribution in [0.15, 0.2) is 23.8 Å². The number of rotatable bonds is 4.